The van der Waals surface area contributed by atoms with Crippen molar-refractivity contribution >= 4 is 17.8 Å². The summed E-state index contributed by atoms with van der Waals surface area (Å²) in [6.07, 6.45) is 2.46. The van der Waals surface area contributed by atoms with Gasteiger partial charge in [0.2, 0.25) is 5.91 Å². The summed E-state index contributed by atoms with van der Waals surface area (Å²) in [6, 6.07) is 6.93. The molecule has 1 unspecified atom stereocenters. The van der Waals surface area contributed by atoms with Gasteiger partial charge >= 0.3 is 5.97 Å². The van der Waals surface area contributed by atoms with Gasteiger partial charge in [0, 0.05) is 13.5 Å². The zero-order chi connectivity index (χ0) is 18.4. The zero-order valence-corrected chi connectivity index (χ0v) is 14.3. The third kappa shape index (κ3) is 4.93. The lowest BCUT2D eigenvalue weighted by Crippen LogP contribution is -2.53. The fourth-order valence-electron chi connectivity index (χ4n) is 3.14. The van der Waals surface area contributed by atoms with Crippen molar-refractivity contribution in [3.8, 4) is 0 Å². The van der Waals surface area contributed by atoms with E-state index in [1.807, 2.05) is 18.2 Å². The Bertz CT molecular complexity index is 649. The van der Waals surface area contributed by atoms with Crippen LogP contribution in [-0.4, -0.2) is 40.5 Å². The van der Waals surface area contributed by atoms with Crippen LogP contribution in [0.2, 0.25) is 0 Å². The molecule has 2 atom stereocenters. The van der Waals surface area contributed by atoms with Gasteiger partial charge in [-0.1, -0.05) is 24.3 Å². The van der Waals surface area contributed by atoms with Gasteiger partial charge in [0.05, 0.1) is 6.04 Å². The smallest absolute Gasteiger partial charge is 0.328 e. The van der Waals surface area contributed by atoms with E-state index in [2.05, 4.69) is 16.8 Å². The Kier molecular flexibility index (Phi) is 6.35. The molecule has 8 nitrogen and oxygen atoms in total. The summed E-state index contributed by atoms with van der Waals surface area (Å²) in [5.41, 5.74) is 10.7. The van der Waals surface area contributed by atoms with Gasteiger partial charge in [-0.25, -0.2) is 10.2 Å². The highest BCUT2D eigenvalue weighted by atomic mass is 16.4. The average Bonchev–Trinajstić information content (AvgIpc) is 2.95. The number of nitrogens with two attached hydrogens (primary N) is 1. The molecule has 25 heavy (non-hydrogen) atoms. The Morgan fingerprint density at radius 2 is 2.16 bits per heavy atom. The number of hydrogen-bond acceptors (Lipinski definition) is 4. The Labute approximate surface area is 146 Å². The van der Waals surface area contributed by atoms with Crippen molar-refractivity contribution in [1.29, 1.82) is 5.41 Å². The van der Waals surface area contributed by atoms with E-state index in [9.17, 15) is 14.7 Å². The molecule has 1 aliphatic carbocycles. The van der Waals surface area contributed by atoms with Gasteiger partial charge in [-0.05, 0) is 36.8 Å². The number of amides is 1. The molecular weight excluding hydrogens is 322 g/mol. The lowest BCUT2D eigenvalue weighted by atomic mass is 10.1. The Morgan fingerprint density at radius 1 is 1.44 bits per heavy atom. The van der Waals surface area contributed by atoms with Gasteiger partial charge in [0.15, 0.2) is 5.96 Å². The highest BCUT2D eigenvalue weighted by molar-refractivity contribution is 5.82. The molecule has 0 fully saturated rings. The van der Waals surface area contributed by atoms with Crippen LogP contribution >= 0.6 is 0 Å². The van der Waals surface area contributed by atoms with Gasteiger partial charge in [-0.3, -0.25) is 15.2 Å². The first-order valence-electron chi connectivity index (χ1n) is 8.34. The predicted molar refractivity (Wildman–Crippen MR) is 93.7 cm³/mol. The van der Waals surface area contributed by atoms with Gasteiger partial charge in [-0.2, -0.15) is 0 Å². The molecule has 0 saturated carbocycles. The molecule has 0 spiro atoms. The fraction of sp³-hybridized carbons (Fsp3) is 0.471. The highest BCUT2D eigenvalue weighted by Gasteiger charge is 2.31. The molecule has 0 aliphatic heterocycles. The first kappa shape index (κ1) is 18.7. The van der Waals surface area contributed by atoms with E-state index in [0.29, 0.717) is 13.0 Å². The minimum absolute atomic E-state index is 0.0719. The second-order valence-corrected chi connectivity index (χ2v) is 6.14. The van der Waals surface area contributed by atoms with E-state index in [1.165, 1.54) is 17.5 Å². The van der Waals surface area contributed by atoms with Crippen molar-refractivity contribution in [2.75, 3.05) is 6.54 Å². The molecule has 136 valence electrons. The highest BCUT2D eigenvalue weighted by Crippen LogP contribution is 2.31. The molecule has 6 N–H and O–H groups in total. The second kappa shape index (κ2) is 8.48. The number of nitrogens with one attached hydrogen (secondary N) is 3. The summed E-state index contributed by atoms with van der Waals surface area (Å²) in [6.45, 7) is 1.74. The van der Waals surface area contributed by atoms with E-state index < -0.39 is 12.0 Å². The van der Waals surface area contributed by atoms with Crippen molar-refractivity contribution in [3.05, 3.63) is 35.4 Å². The maximum Gasteiger partial charge on any atom is 0.328 e. The normalized spacial score (nSPS) is 16.8. The Hall–Kier alpha value is -2.61. The molecule has 1 aromatic rings. The lowest BCUT2D eigenvalue weighted by Gasteiger charge is -2.31. The van der Waals surface area contributed by atoms with Crippen LogP contribution in [0.5, 0.6) is 0 Å². The summed E-state index contributed by atoms with van der Waals surface area (Å²) >= 11 is 0. The van der Waals surface area contributed by atoms with Crippen molar-refractivity contribution in [2.24, 2.45) is 5.73 Å². The number of carboxylic acid groups (broad SMARTS) is 1. The van der Waals surface area contributed by atoms with Crippen LogP contribution < -0.4 is 16.5 Å². The molecule has 8 heteroatoms. The van der Waals surface area contributed by atoms with E-state index in [4.69, 9.17) is 11.1 Å². The van der Waals surface area contributed by atoms with Crippen molar-refractivity contribution in [3.63, 3.8) is 0 Å². The Balaban J connectivity index is 2.05. The standard InChI is InChI=1S/C17H25N5O3/c1-11(23)22(15(16(24)25)7-4-10-20-17(18)19)21-14-9-8-12-5-2-3-6-13(12)14/h2-3,5-6,14-15,21H,4,7-10H2,1H3,(H,24,25)(H4,18,19,20)/t14?,15-/m0/s1. The largest absolute Gasteiger partial charge is 0.480 e. The van der Waals surface area contributed by atoms with Crippen LogP contribution in [0.1, 0.15) is 43.4 Å². The Morgan fingerprint density at radius 3 is 2.80 bits per heavy atom. The minimum Gasteiger partial charge on any atom is -0.480 e. The number of hydrogen-bond donors (Lipinski definition) is 5. The van der Waals surface area contributed by atoms with Crippen molar-refractivity contribution in [2.45, 2.75) is 44.7 Å². The predicted octanol–water partition coefficient (Wildman–Crippen LogP) is 0.743. The zero-order valence-electron chi connectivity index (χ0n) is 14.3. The first-order chi connectivity index (χ1) is 11.9. The van der Waals surface area contributed by atoms with Crippen LogP contribution in [0, 0.1) is 5.41 Å². The molecular formula is C17H25N5O3. The van der Waals surface area contributed by atoms with Gasteiger partial charge in [0.1, 0.15) is 6.04 Å². The third-order valence-corrected chi connectivity index (χ3v) is 4.33. The van der Waals surface area contributed by atoms with Crippen LogP contribution in [-0.2, 0) is 16.0 Å². The summed E-state index contributed by atoms with van der Waals surface area (Å²) in [5, 5.41) is 20.5. The number of fused-ring (bicyclic) bond motifs is 1. The number of aryl methyl sites for hydroxylation is 1. The number of guanidine groups is 1. The SMILES string of the molecule is CC(=O)N(NC1CCc2ccccc21)[C@@H](CCCNC(=N)N)C(=O)O. The van der Waals surface area contributed by atoms with Crippen molar-refractivity contribution < 1.29 is 14.7 Å². The molecule has 0 bridgehead atoms. The van der Waals surface area contributed by atoms with Crippen LogP contribution in [0.25, 0.3) is 0 Å². The van der Waals surface area contributed by atoms with E-state index >= 15 is 0 Å². The summed E-state index contributed by atoms with van der Waals surface area (Å²) < 4.78 is 0. The third-order valence-electron chi connectivity index (χ3n) is 4.33. The molecule has 0 heterocycles. The number of hydrazine groups is 1. The second-order valence-electron chi connectivity index (χ2n) is 6.14. The molecule has 2 rings (SSSR count). The summed E-state index contributed by atoms with van der Waals surface area (Å²) in [4.78, 5) is 23.7. The maximum absolute atomic E-state index is 12.1. The quantitative estimate of drug-likeness (QED) is 0.204. The van der Waals surface area contributed by atoms with Crippen molar-refractivity contribution in [1.82, 2.24) is 15.8 Å². The number of carbonyl (C=O) groups excluding carboxylic acids is 1. The topological polar surface area (TPSA) is 132 Å². The lowest BCUT2D eigenvalue weighted by molar-refractivity contribution is -0.153. The number of aliphatic carboxylic acids is 1. The van der Waals surface area contributed by atoms with Crippen LogP contribution in [0.15, 0.2) is 24.3 Å². The number of nitrogens with zero attached hydrogens (tertiary/aromatic N) is 1. The molecule has 1 amide bonds. The number of benzene rings is 1. The van der Waals surface area contributed by atoms with Gasteiger partial charge < -0.3 is 16.2 Å². The van der Waals surface area contributed by atoms with Crippen LogP contribution in [0.4, 0.5) is 0 Å². The molecule has 0 saturated heterocycles. The van der Waals surface area contributed by atoms with E-state index in [-0.39, 0.29) is 24.3 Å². The minimum atomic E-state index is -1.06. The fourth-order valence-corrected chi connectivity index (χ4v) is 3.14. The number of carboxylic acids is 1. The summed E-state index contributed by atoms with van der Waals surface area (Å²) in [5.74, 6) is -1.55. The van der Waals surface area contributed by atoms with Crippen LogP contribution in [0.3, 0.4) is 0 Å². The monoisotopic (exact) mass is 347 g/mol. The van der Waals surface area contributed by atoms with E-state index in [0.717, 1.165) is 18.4 Å². The molecule has 0 aromatic heterocycles. The molecule has 1 aliphatic rings. The maximum atomic E-state index is 12.1. The molecule has 1 aromatic carbocycles. The van der Waals surface area contributed by atoms with Gasteiger partial charge in [-0.15, -0.1) is 0 Å². The van der Waals surface area contributed by atoms with E-state index in [1.54, 1.807) is 0 Å². The molecule has 0 radical (unpaired) electrons. The first-order valence-corrected chi connectivity index (χ1v) is 8.34. The average molecular weight is 347 g/mol. The summed E-state index contributed by atoms with van der Waals surface area (Å²) in [7, 11) is 0. The number of carbonyl (C=O) groups is 2. The van der Waals surface area contributed by atoms with Gasteiger partial charge in [0.25, 0.3) is 0 Å². The number of rotatable bonds is 8.